The van der Waals surface area contributed by atoms with E-state index in [9.17, 15) is 14.7 Å². The van der Waals surface area contributed by atoms with E-state index in [1.54, 1.807) is 0 Å². The van der Waals surface area contributed by atoms with Crippen LogP contribution in [0.3, 0.4) is 0 Å². The molecule has 2 rings (SSSR count). The molecule has 114 valence electrons. The summed E-state index contributed by atoms with van der Waals surface area (Å²) in [7, 11) is 0. The Bertz CT molecular complexity index is 547. The molecule has 1 saturated carbocycles. The van der Waals surface area contributed by atoms with Gasteiger partial charge in [-0.3, -0.25) is 9.59 Å². The smallest absolute Gasteiger partial charge is 0.307 e. The third-order valence-electron chi connectivity index (χ3n) is 3.89. The van der Waals surface area contributed by atoms with E-state index in [1.165, 1.54) is 6.33 Å². The Balaban J connectivity index is 2.17. The summed E-state index contributed by atoms with van der Waals surface area (Å²) < 4.78 is 0. The Hall–Kier alpha value is -1.40. The van der Waals surface area contributed by atoms with Gasteiger partial charge in [0, 0.05) is 0 Å². The molecular formula is C13H15Cl2N3O3. The second-order valence-electron chi connectivity index (χ2n) is 5.12. The molecule has 21 heavy (non-hydrogen) atoms. The second kappa shape index (κ2) is 6.58. The molecule has 8 heteroatoms. The predicted octanol–water partition coefficient (Wildman–Crippen LogP) is 2.86. The van der Waals surface area contributed by atoms with Crippen LogP contribution in [0.1, 0.15) is 26.2 Å². The lowest BCUT2D eigenvalue weighted by Crippen LogP contribution is -2.30. The number of carbonyl (C=O) groups excluding carboxylic acids is 1. The van der Waals surface area contributed by atoms with Gasteiger partial charge in [0.05, 0.1) is 11.8 Å². The van der Waals surface area contributed by atoms with E-state index < -0.39 is 23.7 Å². The van der Waals surface area contributed by atoms with Crippen molar-refractivity contribution in [3.8, 4) is 0 Å². The lowest BCUT2D eigenvalue weighted by molar-refractivity contribution is -0.145. The van der Waals surface area contributed by atoms with Gasteiger partial charge in [0.2, 0.25) is 5.91 Å². The van der Waals surface area contributed by atoms with Gasteiger partial charge < -0.3 is 10.4 Å². The number of amides is 1. The third kappa shape index (κ3) is 3.44. The summed E-state index contributed by atoms with van der Waals surface area (Å²) in [5, 5.41) is 11.9. The topological polar surface area (TPSA) is 92.2 Å². The van der Waals surface area contributed by atoms with Crippen LogP contribution in [0.4, 0.5) is 5.69 Å². The van der Waals surface area contributed by atoms with E-state index in [-0.39, 0.29) is 21.9 Å². The van der Waals surface area contributed by atoms with Crippen LogP contribution < -0.4 is 5.32 Å². The van der Waals surface area contributed by atoms with E-state index in [4.69, 9.17) is 23.2 Å². The zero-order chi connectivity index (χ0) is 15.6. The summed E-state index contributed by atoms with van der Waals surface area (Å²) in [5.74, 6) is -2.40. The maximum absolute atomic E-state index is 12.3. The highest BCUT2D eigenvalue weighted by atomic mass is 35.5. The van der Waals surface area contributed by atoms with Gasteiger partial charge in [0.1, 0.15) is 12.0 Å². The molecule has 0 spiro atoms. The van der Waals surface area contributed by atoms with Crippen LogP contribution in [0.5, 0.6) is 0 Å². The van der Waals surface area contributed by atoms with E-state index in [2.05, 4.69) is 15.3 Å². The highest BCUT2D eigenvalue weighted by molar-refractivity contribution is 6.38. The molecule has 1 aromatic heterocycles. The molecule has 0 aromatic carbocycles. The van der Waals surface area contributed by atoms with Gasteiger partial charge >= 0.3 is 5.97 Å². The molecule has 0 bridgehead atoms. The molecule has 1 heterocycles. The largest absolute Gasteiger partial charge is 0.481 e. The van der Waals surface area contributed by atoms with E-state index in [0.717, 1.165) is 6.42 Å². The number of hydrogen-bond donors (Lipinski definition) is 2. The molecule has 0 aliphatic heterocycles. The molecule has 1 amide bonds. The average molecular weight is 332 g/mol. The number of carboxylic acid groups (broad SMARTS) is 1. The van der Waals surface area contributed by atoms with Crippen molar-refractivity contribution in [2.24, 2.45) is 17.8 Å². The number of carboxylic acids is 1. The van der Waals surface area contributed by atoms with Crippen molar-refractivity contribution in [3.63, 3.8) is 0 Å². The summed E-state index contributed by atoms with van der Waals surface area (Å²) in [5.41, 5.74) is 0.120. The maximum Gasteiger partial charge on any atom is 0.307 e. The summed E-state index contributed by atoms with van der Waals surface area (Å²) in [6.07, 6.45) is 3.09. The van der Waals surface area contributed by atoms with E-state index in [0.29, 0.717) is 12.8 Å². The number of hydrogen-bond acceptors (Lipinski definition) is 4. The van der Waals surface area contributed by atoms with E-state index in [1.807, 2.05) is 6.92 Å². The predicted molar refractivity (Wildman–Crippen MR) is 78.3 cm³/mol. The maximum atomic E-state index is 12.3. The number of nitrogens with one attached hydrogen (secondary N) is 1. The van der Waals surface area contributed by atoms with Crippen LogP contribution in [-0.2, 0) is 9.59 Å². The molecule has 3 atom stereocenters. The van der Waals surface area contributed by atoms with Gasteiger partial charge in [0.25, 0.3) is 0 Å². The van der Waals surface area contributed by atoms with Gasteiger partial charge in [-0.05, 0) is 18.8 Å². The quantitative estimate of drug-likeness (QED) is 0.827. The fraction of sp³-hybridized carbons (Fsp3) is 0.538. The molecule has 2 N–H and O–H groups in total. The van der Waals surface area contributed by atoms with Crippen molar-refractivity contribution in [2.75, 3.05) is 5.32 Å². The summed E-state index contributed by atoms with van der Waals surface area (Å²) in [6, 6.07) is 0. The van der Waals surface area contributed by atoms with Gasteiger partial charge in [-0.25, -0.2) is 9.97 Å². The highest BCUT2D eigenvalue weighted by Gasteiger charge is 2.42. The molecule has 3 unspecified atom stereocenters. The number of rotatable bonds is 4. The fourth-order valence-electron chi connectivity index (χ4n) is 2.70. The molecule has 0 saturated heterocycles. The number of carbonyl (C=O) groups is 2. The van der Waals surface area contributed by atoms with Crippen molar-refractivity contribution < 1.29 is 14.7 Å². The highest BCUT2D eigenvalue weighted by Crippen LogP contribution is 2.39. The molecule has 1 aliphatic rings. The van der Waals surface area contributed by atoms with Gasteiger partial charge in [-0.15, -0.1) is 0 Å². The summed E-state index contributed by atoms with van der Waals surface area (Å²) in [4.78, 5) is 31.1. The zero-order valence-electron chi connectivity index (χ0n) is 11.3. The molecule has 6 nitrogen and oxygen atoms in total. The number of aromatic nitrogens is 2. The molecule has 0 radical (unpaired) electrons. The Morgan fingerprint density at radius 2 is 1.86 bits per heavy atom. The first-order valence-corrected chi connectivity index (χ1v) is 7.39. The minimum absolute atomic E-state index is 0.0280. The van der Waals surface area contributed by atoms with Gasteiger partial charge in [-0.1, -0.05) is 36.5 Å². The van der Waals surface area contributed by atoms with E-state index >= 15 is 0 Å². The standard InChI is InChI=1S/C13H15Cl2N3O3/c1-2-6-3-7(8(4-6)13(20)21)12(19)18-9-10(14)16-5-17-11(9)15/h5-8H,2-4H2,1H3,(H,18,19)(H,20,21). The van der Waals surface area contributed by atoms with Crippen molar-refractivity contribution in [3.05, 3.63) is 16.6 Å². The average Bonchev–Trinajstić information content (AvgIpc) is 2.87. The van der Waals surface area contributed by atoms with Crippen LogP contribution >= 0.6 is 23.2 Å². The monoisotopic (exact) mass is 331 g/mol. The lowest BCUT2D eigenvalue weighted by atomic mass is 9.95. The van der Waals surface area contributed by atoms with Crippen molar-refractivity contribution in [1.82, 2.24) is 9.97 Å². The van der Waals surface area contributed by atoms with Crippen LogP contribution in [0.2, 0.25) is 10.3 Å². The first-order chi connectivity index (χ1) is 9.93. The Morgan fingerprint density at radius 1 is 1.29 bits per heavy atom. The number of aliphatic carboxylic acids is 1. The molecule has 1 aromatic rings. The first kappa shape index (κ1) is 16.0. The second-order valence-corrected chi connectivity index (χ2v) is 5.83. The minimum atomic E-state index is -0.951. The SMILES string of the molecule is CCC1CC(C(=O)O)C(C(=O)Nc2c(Cl)ncnc2Cl)C1. The number of anilines is 1. The lowest BCUT2D eigenvalue weighted by Gasteiger charge is -2.16. The number of halogens is 2. The normalized spacial score (nSPS) is 24.8. The van der Waals surface area contributed by atoms with Crippen LogP contribution in [0.15, 0.2) is 6.33 Å². The molecule has 1 fully saturated rings. The summed E-state index contributed by atoms with van der Waals surface area (Å²) in [6.45, 7) is 1.99. The molecular weight excluding hydrogens is 317 g/mol. The Kier molecular flexibility index (Phi) is 5.00. The third-order valence-corrected chi connectivity index (χ3v) is 4.47. The zero-order valence-corrected chi connectivity index (χ0v) is 12.9. The summed E-state index contributed by atoms with van der Waals surface area (Å²) >= 11 is 11.7. The number of nitrogens with zero attached hydrogens (tertiary/aromatic N) is 2. The Labute approximate surface area is 131 Å². The van der Waals surface area contributed by atoms with Gasteiger partial charge in [0.15, 0.2) is 10.3 Å². The van der Waals surface area contributed by atoms with Crippen LogP contribution in [0, 0.1) is 17.8 Å². The van der Waals surface area contributed by atoms with Crippen molar-refractivity contribution in [1.29, 1.82) is 0 Å². The fourth-order valence-corrected chi connectivity index (χ4v) is 3.11. The minimum Gasteiger partial charge on any atom is -0.481 e. The van der Waals surface area contributed by atoms with Crippen LogP contribution in [-0.4, -0.2) is 27.0 Å². The van der Waals surface area contributed by atoms with Crippen molar-refractivity contribution in [2.45, 2.75) is 26.2 Å². The van der Waals surface area contributed by atoms with Gasteiger partial charge in [-0.2, -0.15) is 0 Å². The molecule has 1 aliphatic carbocycles. The van der Waals surface area contributed by atoms with Crippen molar-refractivity contribution >= 4 is 40.8 Å². The van der Waals surface area contributed by atoms with Crippen LogP contribution in [0.25, 0.3) is 0 Å². The Morgan fingerprint density at radius 3 is 2.38 bits per heavy atom. The first-order valence-electron chi connectivity index (χ1n) is 6.63.